The summed E-state index contributed by atoms with van der Waals surface area (Å²) in [7, 11) is 0. The Morgan fingerprint density at radius 1 is 0.426 bits per heavy atom. The molecule has 0 aromatic carbocycles. The summed E-state index contributed by atoms with van der Waals surface area (Å²) >= 11 is 0. The molecule has 0 fully saturated rings. The molecule has 3 atom stereocenters. The highest BCUT2D eigenvalue weighted by Gasteiger charge is 2.24. The molecule has 0 aromatic heterocycles. The molecule has 1 amide bonds. The topological polar surface area (TPSA) is 95.9 Å². The van der Waals surface area contributed by atoms with E-state index in [-0.39, 0.29) is 24.9 Å². The van der Waals surface area contributed by atoms with Crippen molar-refractivity contribution in [3.05, 3.63) is 72.9 Å². The number of hydrogen-bond acceptors (Lipinski definition) is 5. The van der Waals surface area contributed by atoms with Crippen LogP contribution in [0.25, 0.3) is 0 Å². The van der Waals surface area contributed by atoms with E-state index >= 15 is 0 Å². The first kappa shape index (κ1) is 65.3. The maximum Gasteiger partial charge on any atom is 0.306 e. The van der Waals surface area contributed by atoms with Crippen LogP contribution < -0.4 is 5.32 Å². The van der Waals surface area contributed by atoms with Crippen LogP contribution in [0.2, 0.25) is 0 Å². The minimum absolute atomic E-state index is 0.0517. The number of aliphatic hydroxyl groups excluding tert-OH is 2. The second-order valence-electron chi connectivity index (χ2n) is 19.7. The lowest BCUT2D eigenvalue weighted by atomic mass is 10.0. The zero-order chi connectivity index (χ0) is 49.5. The highest BCUT2D eigenvalue weighted by atomic mass is 16.5. The Morgan fingerprint density at radius 2 is 0.750 bits per heavy atom. The number of carbonyl (C=O) groups excluding carboxylic acids is 2. The lowest BCUT2D eigenvalue weighted by Crippen LogP contribution is -2.46. The molecule has 0 rings (SSSR count). The van der Waals surface area contributed by atoms with Crippen LogP contribution in [0.1, 0.15) is 284 Å². The summed E-state index contributed by atoms with van der Waals surface area (Å²) < 4.78 is 5.95. The number of nitrogens with one attached hydrogen (secondary N) is 1. The van der Waals surface area contributed by atoms with Gasteiger partial charge in [0.2, 0.25) is 5.91 Å². The zero-order valence-corrected chi connectivity index (χ0v) is 45.0. The van der Waals surface area contributed by atoms with Gasteiger partial charge in [-0.05, 0) is 103 Å². The third kappa shape index (κ3) is 49.7. The van der Waals surface area contributed by atoms with Crippen LogP contribution in [0.4, 0.5) is 0 Å². The molecule has 0 heterocycles. The molecular formula is C62H111NO5. The van der Waals surface area contributed by atoms with Gasteiger partial charge in [0.15, 0.2) is 0 Å². The number of allylic oxidation sites excluding steroid dienone is 12. The molecule has 3 unspecified atom stereocenters. The molecule has 0 saturated heterocycles. The van der Waals surface area contributed by atoms with Crippen molar-refractivity contribution >= 4 is 11.9 Å². The molecule has 0 saturated carbocycles. The molecule has 394 valence electrons. The van der Waals surface area contributed by atoms with Gasteiger partial charge in [0, 0.05) is 6.42 Å². The van der Waals surface area contributed by atoms with Crippen molar-refractivity contribution in [2.24, 2.45) is 0 Å². The van der Waals surface area contributed by atoms with Crippen molar-refractivity contribution in [2.75, 3.05) is 6.61 Å². The molecule has 0 bridgehead atoms. The molecule has 0 aliphatic carbocycles. The molecule has 0 aliphatic rings. The second-order valence-corrected chi connectivity index (χ2v) is 19.7. The maximum absolute atomic E-state index is 13.3. The summed E-state index contributed by atoms with van der Waals surface area (Å²) in [6.07, 6.45) is 71.0. The molecule has 3 N–H and O–H groups in total. The van der Waals surface area contributed by atoms with Gasteiger partial charge < -0.3 is 20.3 Å². The van der Waals surface area contributed by atoms with E-state index in [9.17, 15) is 19.8 Å². The SMILES string of the molecule is CCCCC/C=C\C/C=C\C/C=C\CCCCCCC(=O)OC(CCCCCC/C=C\C/C=C\C/C=C\CCCCC)CC(=O)NC(CO)C(O)CCCCCCCCCCCCCCCCC. The third-order valence-corrected chi connectivity index (χ3v) is 13.0. The van der Waals surface area contributed by atoms with Crippen molar-refractivity contribution in [3.8, 4) is 0 Å². The molecule has 0 aromatic rings. The minimum Gasteiger partial charge on any atom is -0.462 e. The molecular weight excluding hydrogens is 839 g/mol. The number of unbranched alkanes of at least 4 members (excludes halogenated alkanes) is 28. The van der Waals surface area contributed by atoms with Gasteiger partial charge in [0.1, 0.15) is 6.10 Å². The van der Waals surface area contributed by atoms with Gasteiger partial charge in [0.25, 0.3) is 0 Å². The number of rotatable bonds is 52. The fourth-order valence-electron chi connectivity index (χ4n) is 8.56. The summed E-state index contributed by atoms with van der Waals surface area (Å²) in [4.78, 5) is 26.3. The van der Waals surface area contributed by atoms with Crippen LogP contribution in [0, 0.1) is 0 Å². The standard InChI is InChI=1S/C62H111NO5/c1-4-7-10-13-16-19-22-25-28-30-33-35-38-41-44-47-50-53-58(68-62(67)55-52-49-46-43-40-37-34-31-29-26-23-20-17-14-11-8-5-2)56-61(66)63-59(57-64)60(65)54-51-48-45-42-39-36-32-27-24-21-18-15-12-9-6-3/h16-17,19-20,25-26,28-29,33-35,37,58-60,64-65H,4-15,18,21-24,27,30-32,36,38-57H2,1-3H3,(H,63,66)/b19-16-,20-17-,28-25-,29-26-,35-33-,37-34-. The van der Waals surface area contributed by atoms with Gasteiger partial charge >= 0.3 is 5.97 Å². The first-order chi connectivity index (χ1) is 33.5. The minimum atomic E-state index is -0.802. The Labute approximate surface area is 421 Å². The molecule has 68 heavy (non-hydrogen) atoms. The smallest absolute Gasteiger partial charge is 0.306 e. The van der Waals surface area contributed by atoms with Gasteiger partial charge in [-0.1, -0.05) is 241 Å². The first-order valence-electron chi connectivity index (χ1n) is 29.2. The van der Waals surface area contributed by atoms with E-state index in [1.165, 1.54) is 128 Å². The number of carbonyl (C=O) groups is 2. The van der Waals surface area contributed by atoms with E-state index < -0.39 is 18.2 Å². The zero-order valence-electron chi connectivity index (χ0n) is 45.0. The number of aliphatic hydroxyl groups is 2. The Hall–Kier alpha value is -2.70. The van der Waals surface area contributed by atoms with Crippen molar-refractivity contribution in [1.82, 2.24) is 5.32 Å². The van der Waals surface area contributed by atoms with E-state index in [4.69, 9.17) is 4.74 Å². The van der Waals surface area contributed by atoms with E-state index in [1.807, 2.05) is 0 Å². The van der Waals surface area contributed by atoms with Crippen molar-refractivity contribution in [2.45, 2.75) is 302 Å². The van der Waals surface area contributed by atoms with Crippen LogP contribution in [-0.4, -0.2) is 46.9 Å². The van der Waals surface area contributed by atoms with Gasteiger partial charge in [-0.25, -0.2) is 0 Å². The number of amides is 1. The van der Waals surface area contributed by atoms with E-state index in [1.54, 1.807) is 0 Å². The van der Waals surface area contributed by atoms with Crippen LogP contribution in [0.3, 0.4) is 0 Å². The molecule has 0 aliphatic heterocycles. The molecule has 0 radical (unpaired) electrons. The van der Waals surface area contributed by atoms with Crippen LogP contribution in [-0.2, 0) is 14.3 Å². The Morgan fingerprint density at radius 3 is 1.16 bits per heavy atom. The quantitative estimate of drug-likeness (QED) is 0.0321. The summed E-state index contributed by atoms with van der Waals surface area (Å²) in [5, 5.41) is 23.9. The Bertz CT molecular complexity index is 1250. The van der Waals surface area contributed by atoms with Crippen LogP contribution >= 0.6 is 0 Å². The largest absolute Gasteiger partial charge is 0.462 e. The number of ether oxygens (including phenoxy) is 1. The van der Waals surface area contributed by atoms with E-state index in [0.717, 1.165) is 109 Å². The summed E-state index contributed by atoms with van der Waals surface area (Å²) in [6, 6.07) is -0.718. The summed E-state index contributed by atoms with van der Waals surface area (Å²) in [6.45, 7) is 6.44. The maximum atomic E-state index is 13.3. The van der Waals surface area contributed by atoms with Crippen LogP contribution in [0.15, 0.2) is 72.9 Å². The second kappa shape index (κ2) is 55.2. The highest BCUT2D eigenvalue weighted by molar-refractivity contribution is 5.77. The van der Waals surface area contributed by atoms with E-state index in [2.05, 4.69) is 99.0 Å². The number of hydrogen-bond donors (Lipinski definition) is 3. The number of esters is 1. The van der Waals surface area contributed by atoms with Gasteiger partial charge in [-0.3, -0.25) is 9.59 Å². The van der Waals surface area contributed by atoms with Gasteiger partial charge in [0.05, 0.1) is 25.2 Å². The van der Waals surface area contributed by atoms with Gasteiger partial charge in [-0.15, -0.1) is 0 Å². The average Bonchev–Trinajstić information content (AvgIpc) is 3.33. The van der Waals surface area contributed by atoms with Crippen molar-refractivity contribution < 1.29 is 24.5 Å². The predicted molar refractivity (Wildman–Crippen MR) is 296 cm³/mol. The lowest BCUT2D eigenvalue weighted by Gasteiger charge is -2.24. The molecule has 6 nitrogen and oxygen atoms in total. The molecule has 6 heteroatoms. The Balaban J connectivity index is 4.66. The first-order valence-corrected chi connectivity index (χ1v) is 29.2. The molecule has 0 spiro atoms. The van der Waals surface area contributed by atoms with Crippen LogP contribution in [0.5, 0.6) is 0 Å². The predicted octanol–water partition coefficient (Wildman–Crippen LogP) is 18.1. The fourth-order valence-corrected chi connectivity index (χ4v) is 8.56. The third-order valence-electron chi connectivity index (χ3n) is 13.0. The van der Waals surface area contributed by atoms with Gasteiger partial charge in [-0.2, -0.15) is 0 Å². The van der Waals surface area contributed by atoms with E-state index in [0.29, 0.717) is 19.3 Å². The summed E-state index contributed by atoms with van der Waals surface area (Å²) in [5.74, 6) is -0.517. The highest BCUT2D eigenvalue weighted by Crippen LogP contribution is 2.18. The summed E-state index contributed by atoms with van der Waals surface area (Å²) in [5.41, 5.74) is 0. The average molecular weight is 951 g/mol. The Kier molecular flexibility index (Phi) is 53.0. The fraction of sp³-hybridized carbons (Fsp3) is 0.774. The monoisotopic (exact) mass is 950 g/mol. The van der Waals surface area contributed by atoms with Crippen molar-refractivity contribution in [1.29, 1.82) is 0 Å². The lowest BCUT2D eigenvalue weighted by molar-refractivity contribution is -0.151. The van der Waals surface area contributed by atoms with Crippen molar-refractivity contribution in [3.63, 3.8) is 0 Å². The normalized spacial score (nSPS) is 13.7.